The minimum Gasteiger partial charge on any atom is -0.463 e. The van der Waals surface area contributed by atoms with Gasteiger partial charge in [-0.1, -0.05) is 74.5 Å². The molecule has 164 valence electrons. The van der Waals surface area contributed by atoms with Crippen LogP contribution in [0.25, 0.3) is 0 Å². The fourth-order valence-corrected chi connectivity index (χ4v) is 4.89. The van der Waals surface area contributed by atoms with E-state index >= 15 is 0 Å². The van der Waals surface area contributed by atoms with Crippen LogP contribution in [0.4, 0.5) is 0 Å². The zero-order chi connectivity index (χ0) is 21.8. The summed E-state index contributed by atoms with van der Waals surface area (Å²) in [5.41, 5.74) is 3.28. The predicted molar refractivity (Wildman–Crippen MR) is 123 cm³/mol. The molecule has 1 unspecified atom stereocenters. The van der Waals surface area contributed by atoms with Crippen LogP contribution in [-0.4, -0.2) is 41.8 Å². The largest absolute Gasteiger partial charge is 0.463 e. The monoisotopic (exact) mass is 419 g/mol. The van der Waals surface area contributed by atoms with Gasteiger partial charge in [-0.05, 0) is 43.4 Å². The lowest BCUT2D eigenvalue weighted by Gasteiger charge is -2.25. The highest BCUT2D eigenvalue weighted by molar-refractivity contribution is 5.89. The second-order valence-electron chi connectivity index (χ2n) is 8.38. The van der Waals surface area contributed by atoms with Crippen molar-refractivity contribution < 1.29 is 14.3 Å². The van der Waals surface area contributed by atoms with E-state index < -0.39 is 0 Å². The molecule has 4 rings (SSSR count). The zero-order valence-corrected chi connectivity index (χ0v) is 18.7. The van der Waals surface area contributed by atoms with Crippen molar-refractivity contribution in [1.82, 2.24) is 4.90 Å². The summed E-state index contributed by atoms with van der Waals surface area (Å²) in [5.74, 6) is -0.207. The molecule has 0 spiro atoms. The van der Waals surface area contributed by atoms with E-state index in [1.165, 1.54) is 11.1 Å². The number of esters is 1. The number of carbonyl (C=O) groups is 1. The zero-order valence-electron chi connectivity index (χ0n) is 18.7. The van der Waals surface area contributed by atoms with Gasteiger partial charge in [0.25, 0.3) is 0 Å². The predicted octanol–water partition coefficient (Wildman–Crippen LogP) is 5.30. The van der Waals surface area contributed by atoms with Gasteiger partial charge >= 0.3 is 5.97 Å². The molecule has 1 saturated heterocycles. The maximum absolute atomic E-state index is 12.6. The number of hydrogen-bond acceptors (Lipinski definition) is 4. The smallest absolute Gasteiger partial charge is 0.333 e. The van der Waals surface area contributed by atoms with E-state index in [2.05, 4.69) is 79.4 Å². The Balaban J connectivity index is 1.67. The molecule has 4 atom stereocenters. The average Bonchev–Trinajstić information content (AvgIpc) is 3.53. The molecule has 31 heavy (non-hydrogen) atoms. The topological polar surface area (TPSA) is 38.5 Å². The Kier molecular flexibility index (Phi) is 6.89. The quantitative estimate of drug-likeness (QED) is 0.409. The Morgan fingerprint density at radius 3 is 2.06 bits per heavy atom. The Labute approximate surface area is 185 Å². The second kappa shape index (κ2) is 9.80. The first-order valence-corrected chi connectivity index (χ1v) is 11.6. The van der Waals surface area contributed by atoms with E-state index in [1.54, 1.807) is 0 Å². The number of hydrogen-bond donors (Lipinski definition) is 0. The van der Waals surface area contributed by atoms with Gasteiger partial charge in [0.2, 0.25) is 0 Å². The van der Waals surface area contributed by atoms with E-state index in [1.807, 2.05) is 13.0 Å². The summed E-state index contributed by atoms with van der Waals surface area (Å²) in [6, 6.07) is 21.9. The molecular weight excluding hydrogens is 386 g/mol. The Hall–Kier alpha value is -2.43. The molecular formula is C27H33NO3. The molecule has 2 aromatic carbocycles. The Bertz CT molecular complexity index is 852. The van der Waals surface area contributed by atoms with Crippen LogP contribution in [0, 0.1) is 0 Å². The number of benzene rings is 2. The number of rotatable bonds is 9. The summed E-state index contributed by atoms with van der Waals surface area (Å²) >= 11 is 0. The summed E-state index contributed by atoms with van der Waals surface area (Å²) in [7, 11) is 0. The molecule has 0 N–H and O–H groups in total. The van der Waals surface area contributed by atoms with Gasteiger partial charge < -0.3 is 9.47 Å². The van der Waals surface area contributed by atoms with E-state index in [4.69, 9.17) is 9.47 Å². The lowest BCUT2D eigenvalue weighted by atomic mass is 9.97. The first-order chi connectivity index (χ1) is 15.2. The molecule has 4 nitrogen and oxygen atoms in total. The minimum absolute atomic E-state index is 0.0991. The third kappa shape index (κ3) is 4.60. The van der Waals surface area contributed by atoms with Crippen LogP contribution in [0.15, 0.2) is 72.3 Å². The van der Waals surface area contributed by atoms with Crippen LogP contribution >= 0.6 is 0 Å². The SMILES string of the molecule is CCOC(=O)C1=C[C@@H](OC(CC)CC)[C@@H]2[C@@H](C1)N2C(c1ccccc1)c1ccccc1. The van der Waals surface area contributed by atoms with Gasteiger partial charge in [-0.15, -0.1) is 0 Å². The van der Waals surface area contributed by atoms with E-state index in [0.29, 0.717) is 13.0 Å². The van der Waals surface area contributed by atoms with Gasteiger partial charge in [-0.25, -0.2) is 4.79 Å². The molecule has 1 aliphatic carbocycles. The molecule has 1 heterocycles. The molecule has 2 aliphatic rings. The Morgan fingerprint density at radius 2 is 1.55 bits per heavy atom. The fourth-order valence-electron chi connectivity index (χ4n) is 4.89. The van der Waals surface area contributed by atoms with Crippen LogP contribution in [0.2, 0.25) is 0 Å². The Morgan fingerprint density at radius 1 is 0.968 bits per heavy atom. The lowest BCUT2D eigenvalue weighted by Crippen LogP contribution is -2.31. The maximum atomic E-state index is 12.6. The molecule has 0 saturated carbocycles. The molecule has 4 heteroatoms. The van der Waals surface area contributed by atoms with Crippen molar-refractivity contribution in [3.63, 3.8) is 0 Å². The fraction of sp³-hybridized carbons (Fsp3) is 0.444. The number of nitrogens with zero attached hydrogens (tertiary/aromatic N) is 1. The normalized spacial score (nSPS) is 24.6. The molecule has 0 aromatic heterocycles. The van der Waals surface area contributed by atoms with Crippen molar-refractivity contribution in [2.24, 2.45) is 0 Å². The van der Waals surface area contributed by atoms with Gasteiger partial charge in [0, 0.05) is 11.6 Å². The molecule has 0 radical (unpaired) electrons. The van der Waals surface area contributed by atoms with Crippen LogP contribution in [0.5, 0.6) is 0 Å². The second-order valence-corrected chi connectivity index (χ2v) is 8.38. The van der Waals surface area contributed by atoms with Crippen molar-refractivity contribution in [1.29, 1.82) is 0 Å². The third-order valence-corrected chi connectivity index (χ3v) is 6.49. The highest BCUT2D eigenvalue weighted by Gasteiger charge is 2.58. The maximum Gasteiger partial charge on any atom is 0.333 e. The van der Waals surface area contributed by atoms with Crippen molar-refractivity contribution in [2.45, 2.75) is 70.4 Å². The summed E-state index contributed by atoms with van der Waals surface area (Å²) < 4.78 is 11.9. The molecule has 0 bridgehead atoms. The number of ether oxygens (including phenoxy) is 2. The van der Waals surface area contributed by atoms with Gasteiger partial charge in [0.15, 0.2) is 0 Å². The van der Waals surface area contributed by atoms with E-state index in [-0.39, 0.29) is 36.3 Å². The van der Waals surface area contributed by atoms with Crippen LogP contribution < -0.4 is 0 Å². The minimum atomic E-state index is -0.207. The van der Waals surface area contributed by atoms with Gasteiger partial charge in [0.05, 0.1) is 30.9 Å². The summed E-state index contributed by atoms with van der Waals surface area (Å²) in [6.45, 7) is 6.56. The lowest BCUT2D eigenvalue weighted by molar-refractivity contribution is -0.138. The highest BCUT2D eigenvalue weighted by atomic mass is 16.5. The highest BCUT2D eigenvalue weighted by Crippen LogP contribution is 2.50. The van der Waals surface area contributed by atoms with Gasteiger partial charge in [0.1, 0.15) is 0 Å². The first kappa shape index (κ1) is 21.8. The van der Waals surface area contributed by atoms with Crippen molar-refractivity contribution in [3.8, 4) is 0 Å². The summed E-state index contributed by atoms with van der Waals surface area (Å²) in [4.78, 5) is 15.1. The van der Waals surface area contributed by atoms with E-state index in [0.717, 1.165) is 18.4 Å². The standard InChI is InChI=1S/C27H33NO3/c1-4-22(5-2)31-24-18-21(27(29)30-6-3)17-23-26(24)28(23)25(19-13-9-7-10-14-19)20-15-11-8-12-16-20/h7-16,18,22-26H,4-6,17H2,1-3H3/t23-,24-,26+,28?/m1/s1. The van der Waals surface area contributed by atoms with Crippen molar-refractivity contribution >= 4 is 5.97 Å². The van der Waals surface area contributed by atoms with Crippen LogP contribution in [-0.2, 0) is 14.3 Å². The molecule has 2 aromatic rings. The molecule has 0 amide bonds. The van der Waals surface area contributed by atoms with Crippen LogP contribution in [0.3, 0.4) is 0 Å². The van der Waals surface area contributed by atoms with Crippen molar-refractivity contribution in [3.05, 3.63) is 83.4 Å². The van der Waals surface area contributed by atoms with E-state index in [9.17, 15) is 4.79 Å². The number of carbonyl (C=O) groups excluding carboxylic acids is 1. The average molecular weight is 420 g/mol. The van der Waals surface area contributed by atoms with Crippen LogP contribution in [0.1, 0.15) is 57.2 Å². The third-order valence-electron chi connectivity index (χ3n) is 6.49. The summed E-state index contributed by atoms with van der Waals surface area (Å²) in [5, 5.41) is 0. The molecule has 1 aliphatic heterocycles. The van der Waals surface area contributed by atoms with Gasteiger partial charge in [-0.3, -0.25) is 4.90 Å². The summed E-state index contributed by atoms with van der Waals surface area (Å²) in [6.07, 6.45) is 4.77. The molecule has 1 fully saturated rings. The first-order valence-electron chi connectivity index (χ1n) is 11.6. The van der Waals surface area contributed by atoms with Gasteiger partial charge in [-0.2, -0.15) is 0 Å². The number of fused-ring (bicyclic) bond motifs is 1. The van der Waals surface area contributed by atoms with Crippen molar-refractivity contribution in [2.75, 3.05) is 6.61 Å².